The number of aromatic nitrogens is 2. The molecule has 2 fully saturated rings. The molecule has 1 aliphatic carbocycles. The number of hydrogen-bond donors (Lipinski definition) is 2. The van der Waals surface area contributed by atoms with Crippen molar-refractivity contribution in [1.82, 2.24) is 20.6 Å². The van der Waals surface area contributed by atoms with Gasteiger partial charge in [0.1, 0.15) is 18.1 Å². The molecule has 0 bridgehead atoms. The first-order chi connectivity index (χ1) is 14.5. The lowest BCUT2D eigenvalue weighted by Gasteiger charge is -2.20. The van der Waals surface area contributed by atoms with Crippen molar-refractivity contribution >= 4 is 29.6 Å². The van der Waals surface area contributed by atoms with Crippen LogP contribution in [0.2, 0.25) is 0 Å². The summed E-state index contributed by atoms with van der Waals surface area (Å²) in [6.45, 7) is 1.11. The highest BCUT2D eigenvalue weighted by atomic mass is 16.2. The fourth-order valence-electron chi connectivity index (χ4n) is 3.17. The molecule has 9 nitrogen and oxygen atoms in total. The van der Waals surface area contributed by atoms with Gasteiger partial charge in [-0.2, -0.15) is 4.98 Å². The Kier molecular flexibility index (Phi) is 5.60. The minimum Gasteiger partial charge on any atom is -0.350 e. The Balaban J connectivity index is 1.56. The highest BCUT2D eigenvalue weighted by Crippen LogP contribution is 2.27. The molecule has 0 radical (unpaired) electrons. The predicted molar refractivity (Wildman–Crippen MR) is 111 cm³/mol. The van der Waals surface area contributed by atoms with Crippen LogP contribution in [0.1, 0.15) is 28.9 Å². The Bertz CT molecular complexity index is 960. The molecule has 4 rings (SSSR count). The first-order valence-corrected chi connectivity index (χ1v) is 10.0. The number of imide groups is 1. The molecule has 1 saturated heterocycles. The van der Waals surface area contributed by atoms with Gasteiger partial charge in [-0.15, -0.1) is 0 Å². The molecular formula is C21H24N6O3. The standard InChI is InChI=1S/C21H24N6O3/c1-26(10-9-14-5-3-2-4-6-14)20-23-16(19(29)22-12-15-7-8-15)11-17(24-20)27-13-18(28)25-21(27)30/h2-6,11,15H,7-10,12-13H2,1H3,(H,22,29)(H,25,28,30). The van der Waals surface area contributed by atoms with Gasteiger partial charge in [-0.3, -0.25) is 19.8 Å². The third-order valence-corrected chi connectivity index (χ3v) is 5.17. The third-order valence-electron chi connectivity index (χ3n) is 5.17. The lowest BCUT2D eigenvalue weighted by atomic mass is 10.1. The van der Waals surface area contributed by atoms with Gasteiger partial charge < -0.3 is 10.2 Å². The zero-order valence-corrected chi connectivity index (χ0v) is 16.8. The summed E-state index contributed by atoms with van der Waals surface area (Å²) in [5.74, 6) is 0.371. The van der Waals surface area contributed by atoms with Gasteiger partial charge in [0.25, 0.3) is 5.91 Å². The third kappa shape index (κ3) is 4.73. The van der Waals surface area contributed by atoms with E-state index in [1.165, 1.54) is 16.5 Å². The van der Waals surface area contributed by atoms with E-state index in [1.807, 2.05) is 42.3 Å². The summed E-state index contributed by atoms with van der Waals surface area (Å²) in [6, 6.07) is 10.9. The molecule has 1 aromatic heterocycles. The quantitative estimate of drug-likeness (QED) is 0.639. The fourth-order valence-corrected chi connectivity index (χ4v) is 3.17. The Hall–Kier alpha value is -3.49. The molecule has 1 aliphatic heterocycles. The second kappa shape index (κ2) is 8.48. The minimum absolute atomic E-state index is 0.133. The van der Waals surface area contributed by atoms with E-state index in [0.29, 0.717) is 25.0 Å². The van der Waals surface area contributed by atoms with Gasteiger partial charge in [0.05, 0.1) is 0 Å². The SMILES string of the molecule is CN(CCc1ccccc1)c1nc(C(=O)NCC2CC2)cc(N2CC(=O)NC2=O)n1. The molecule has 2 heterocycles. The number of nitrogens with zero attached hydrogens (tertiary/aromatic N) is 4. The smallest absolute Gasteiger partial charge is 0.330 e. The second-order valence-corrected chi connectivity index (χ2v) is 7.66. The second-order valence-electron chi connectivity index (χ2n) is 7.66. The van der Waals surface area contributed by atoms with E-state index in [2.05, 4.69) is 20.6 Å². The summed E-state index contributed by atoms with van der Waals surface area (Å²) >= 11 is 0. The Morgan fingerprint density at radius 1 is 1.23 bits per heavy atom. The fraction of sp³-hybridized carbons (Fsp3) is 0.381. The van der Waals surface area contributed by atoms with Gasteiger partial charge in [0.2, 0.25) is 11.9 Å². The maximum atomic E-state index is 12.6. The maximum absolute atomic E-state index is 12.6. The lowest BCUT2D eigenvalue weighted by Crippen LogP contribution is -2.32. The highest BCUT2D eigenvalue weighted by molar-refractivity contribution is 6.12. The van der Waals surface area contributed by atoms with Crippen LogP contribution < -0.4 is 20.4 Å². The number of benzene rings is 1. The van der Waals surface area contributed by atoms with Gasteiger partial charge in [0, 0.05) is 26.2 Å². The molecule has 0 unspecified atom stereocenters. The number of nitrogens with one attached hydrogen (secondary N) is 2. The van der Waals surface area contributed by atoms with Crippen molar-refractivity contribution in [3.05, 3.63) is 47.7 Å². The van der Waals surface area contributed by atoms with Crippen LogP contribution in [0, 0.1) is 5.92 Å². The number of anilines is 2. The number of hydrogen-bond acceptors (Lipinski definition) is 6. The average molecular weight is 408 g/mol. The van der Waals surface area contributed by atoms with Crippen LogP contribution in [-0.2, 0) is 11.2 Å². The van der Waals surface area contributed by atoms with Gasteiger partial charge in [-0.05, 0) is 30.7 Å². The van der Waals surface area contributed by atoms with Crippen LogP contribution in [0.15, 0.2) is 36.4 Å². The zero-order valence-electron chi connectivity index (χ0n) is 16.8. The van der Waals surface area contributed by atoms with Crippen LogP contribution in [0.25, 0.3) is 0 Å². The molecule has 9 heteroatoms. The minimum atomic E-state index is -0.555. The molecule has 4 amide bonds. The summed E-state index contributed by atoms with van der Waals surface area (Å²) in [7, 11) is 1.84. The molecule has 1 aromatic carbocycles. The summed E-state index contributed by atoms with van der Waals surface area (Å²) in [5, 5.41) is 5.12. The number of rotatable bonds is 8. The molecule has 2 N–H and O–H groups in total. The van der Waals surface area contributed by atoms with Crippen molar-refractivity contribution in [2.24, 2.45) is 5.92 Å². The molecule has 156 valence electrons. The van der Waals surface area contributed by atoms with E-state index < -0.39 is 11.9 Å². The van der Waals surface area contributed by atoms with Crippen LogP contribution in [0.3, 0.4) is 0 Å². The lowest BCUT2D eigenvalue weighted by molar-refractivity contribution is -0.117. The van der Waals surface area contributed by atoms with Crippen molar-refractivity contribution in [3.63, 3.8) is 0 Å². The van der Waals surface area contributed by atoms with E-state index in [-0.39, 0.29) is 24.0 Å². The Morgan fingerprint density at radius 2 is 2.00 bits per heavy atom. The molecule has 0 spiro atoms. The van der Waals surface area contributed by atoms with E-state index in [4.69, 9.17) is 0 Å². The number of likely N-dealkylation sites (N-methyl/N-ethyl adjacent to an activating group) is 1. The van der Waals surface area contributed by atoms with Crippen molar-refractivity contribution in [2.45, 2.75) is 19.3 Å². The summed E-state index contributed by atoms with van der Waals surface area (Å²) in [4.78, 5) is 48.3. The van der Waals surface area contributed by atoms with Crippen molar-refractivity contribution < 1.29 is 14.4 Å². The molecule has 1 saturated carbocycles. The first kappa shape index (κ1) is 19.8. The molecule has 30 heavy (non-hydrogen) atoms. The molecular weight excluding hydrogens is 384 g/mol. The van der Waals surface area contributed by atoms with E-state index >= 15 is 0 Å². The monoisotopic (exact) mass is 408 g/mol. The average Bonchev–Trinajstić information content (AvgIpc) is 3.52. The number of carbonyl (C=O) groups excluding carboxylic acids is 3. The summed E-state index contributed by atoms with van der Waals surface area (Å²) in [5.41, 5.74) is 1.35. The number of urea groups is 1. The number of carbonyl (C=O) groups is 3. The largest absolute Gasteiger partial charge is 0.350 e. The summed E-state index contributed by atoms with van der Waals surface area (Å²) in [6.07, 6.45) is 3.02. The Labute approximate surface area is 174 Å². The van der Waals surface area contributed by atoms with Crippen LogP contribution >= 0.6 is 0 Å². The highest BCUT2D eigenvalue weighted by Gasteiger charge is 2.31. The van der Waals surface area contributed by atoms with Crippen molar-refractivity contribution in [1.29, 1.82) is 0 Å². The Morgan fingerprint density at radius 3 is 2.67 bits per heavy atom. The normalized spacial score (nSPS) is 15.8. The van der Waals surface area contributed by atoms with Gasteiger partial charge in [0.15, 0.2) is 0 Å². The maximum Gasteiger partial charge on any atom is 0.330 e. The van der Waals surface area contributed by atoms with Gasteiger partial charge in [-0.1, -0.05) is 30.3 Å². The topological polar surface area (TPSA) is 108 Å². The van der Waals surface area contributed by atoms with E-state index in [0.717, 1.165) is 19.3 Å². The van der Waals surface area contributed by atoms with E-state index in [1.54, 1.807) is 0 Å². The van der Waals surface area contributed by atoms with Crippen LogP contribution in [0.4, 0.5) is 16.6 Å². The van der Waals surface area contributed by atoms with Crippen LogP contribution in [0.5, 0.6) is 0 Å². The van der Waals surface area contributed by atoms with Crippen molar-refractivity contribution in [3.8, 4) is 0 Å². The van der Waals surface area contributed by atoms with Crippen LogP contribution in [-0.4, -0.2) is 54.5 Å². The first-order valence-electron chi connectivity index (χ1n) is 10.0. The van der Waals surface area contributed by atoms with Crippen molar-refractivity contribution in [2.75, 3.05) is 36.5 Å². The molecule has 0 atom stereocenters. The molecule has 2 aliphatic rings. The molecule has 2 aromatic rings. The van der Waals surface area contributed by atoms with E-state index in [9.17, 15) is 14.4 Å². The summed E-state index contributed by atoms with van der Waals surface area (Å²) < 4.78 is 0. The number of amides is 4. The predicted octanol–water partition coefficient (Wildman–Crippen LogP) is 1.35. The van der Waals surface area contributed by atoms with Gasteiger partial charge in [-0.25, -0.2) is 9.78 Å². The zero-order chi connectivity index (χ0) is 21.1. The van der Waals surface area contributed by atoms with Gasteiger partial charge >= 0.3 is 6.03 Å².